The van der Waals surface area contributed by atoms with Gasteiger partial charge < -0.3 is 10.3 Å². The van der Waals surface area contributed by atoms with Gasteiger partial charge in [0, 0.05) is 18.0 Å². The average Bonchev–Trinajstić information content (AvgIpc) is 2.58. The quantitative estimate of drug-likeness (QED) is 0.730. The molecular formula is C7H11ClN2O. The Morgan fingerprint density at radius 2 is 2.36 bits per heavy atom. The van der Waals surface area contributed by atoms with Gasteiger partial charge in [-0.2, -0.15) is 0 Å². The Hall–Kier alpha value is -0.540. The first-order chi connectivity index (χ1) is 4.87. The van der Waals surface area contributed by atoms with E-state index in [1.165, 1.54) is 0 Å². The van der Waals surface area contributed by atoms with Crippen LogP contribution in [-0.4, -0.2) is 11.7 Å². The van der Waals surface area contributed by atoms with Crippen molar-refractivity contribution >= 4 is 12.4 Å². The molecule has 11 heavy (non-hydrogen) atoms. The smallest absolute Gasteiger partial charge is 0.124 e. The SMILES string of the molecule is Cl.NCC1(c2ccon2)CC1. The van der Waals surface area contributed by atoms with Crippen LogP contribution in [0, 0.1) is 0 Å². The third-order valence-electron chi connectivity index (χ3n) is 2.23. The molecule has 0 saturated heterocycles. The van der Waals surface area contributed by atoms with Gasteiger partial charge in [-0.15, -0.1) is 12.4 Å². The van der Waals surface area contributed by atoms with Crippen LogP contribution >= 0.6 is 12.4 Å². The maximum Gasteiger partial charge on any atom is 0.124 e. The standard InChI is InChI=1S/C7H10N2O.ClH/c8-5-7(2-3-7)6-1-4-10-9-6;/h1,4H,2-3,5,8H2;1H. The number of nitrogens with zero attached hydrogens (tertiary/aromatic N) is 1. The third-order valence-corrected chi connectivity index (χ3v) is 2.23. The van der Waals surface area contributed by atoms with Gasteiger partial charge in [0.25, 0.3) is 0 Å². The second-order valence-electron chi connectivity index (χ2n) is 2.87. The summed E-state index contributed by atoms with van der Waals surface area (Å²) in [6, 6.07) is 1.90. The van der Waals surface area contributed by atoms with E-state index in [9.17, 15) is 0 Å². The predicted molar refractivity (Wildman–Crippen MR) is 43.7 cm³/mol. The molecule has 1 saturated carbocycles. The van der Waals surface area contributed by atoms with Crippen molar-refractivity contribution in [2.45, 2.75) is 18.3 Å². The van der Waals surface area contributed by atoms with Gasteiger partial charge in [0.15, 0.2) is 0 Å². The van der Waals surface area contributed by atoms with Crippen LogP contribution in [0.2, 0.25) is 0 Å². The molecule has 1 fully saturated rings. The van der Waals surface area contributed by atoms with Crippen LogP contribution in [-0.2, 0) is 5.41 Å². The molecule has 1 aromatic heterocycles. The van der Waals surface area contributed by atoms with Crippen molar-refractivity contribution in [1.82, 2.24) is 5.16 Å². The maximum atomic E-state index is 5.58. The highest BCUT2D eigenvalue weighted by molar-refractivity contribution is 5.85. The Morgan fingerprint density at radius 3 is 2.73 bits per heavy atom. The fourth-order valence-corrected chi connectivity index (χ4v) is 1.20. The molecule has 1 aromatic rings. The molecule has 0 radical (unpaired) electrons. The van der Waals surface area contributed by atoms with Crippen molar-refractivity contribution in [2.24, 2.45) is 5.73 Å². The van der Waals surface area contributed by atoms with E-state index in [1.807, 2.05) is 6.07 Å². The largest absolute Gasteiger partial charge is 0.364 e. The van der Waals surface area contributed by atoms with Crippen LogP contribution in [0.1, 0.15) is 18.5 Å². The number of aromatic nitrogens is 1. The summed E-state index contributed by atoms with van der Waals surface area (Å²) in [6.07, 6.45) is 3.93. The van der Waals surface area contributed by atoms with Gasteiger partial charge in [0.05, 0.1) is 5.69 Å². The van der Waals surface area contributed by atoms with Crippen molar-refractivity contribution in [1.29, 1.82) is 0 Å². The summed E-state index contributed by atoms with van der Waals surface area (Å²) in [5, 5.41) is 3.87. The van der Waals surface area contributed by atoms with E-state index in [-0.39, 0.29) is 17.8 Å². The first kappa shape index (κ1) is 8.56. The van der Waals surface area contributed by atoms with Gasteiger partial charge in [-0.25, -0.2) is 0 Å². The normalized spacial score (nSPS) is 19.0. The minimum absolute atomic E-state index is 0. The summed E-state index contributed by atoms with van der Waals surface area (Å²) in [4.78, 5) is 0. The monoisotopic (exact) mass is 174 g/mol. The molecular weight excluding hydrogens is 164 g/mol. The summed E-state index contributed by atoms with van der Waals surface area (Å²) < 4.78 is 4.74. The molecule has 0 aromatic carbocycles. The number of hydrogen-bond acceptors (Lipinski definition) is 3. The van der Waals surface area contributed by atoms with E-state index in [2.05, 4.69) is 5.16 Å². The summed E-state index contributed by atoms with van der Waals surface area (Å²) in [6.45, 7) is 0.694. The molecule has 2 N–H and O–H groups in total. The molecule has 2 rings (SSSR count). The molecule has 0 bridgehead atoms. The van der Waals surface area contributed by atoms with Gasteiger partial charge in [-0.3, -0.25) is 0 Å². The van der Waals surface area contributed by atoms with E-state index in [1.54, 1.807) is 6.26 Å². The average molecular weight is 175 g/mol. The zero-order valence-electron chi connectivity index (χ0n) is 6.12. The van der Waals surface area contributed by atoms with Crippen LogP contribution in [0.15, 0.2) is 16.9 Å². The Labute approximate surface area is 71.3 Å². The highest BCUT2D eigenvalue weighted by atomic mass is 35.5. The first-order valence-corrected chi connectivity index (χ1v) is 3.48. The molecule has 0 aliphatic heterocycles. The molecule has 1 heterocycles. The molecule has 3 nitrogen and oxygen atoms in total. The van der Waals surface area contributed by atoms with Gasteiger partial charge >= 0.3 is 0 Å². The molecule has 62 valence electrons. The lowest BCUT2D eigenvalue weighted by Gasteiger charge is -2.04. The lowest BCUT2D eigenvalue weighted by atomic mass is 10.0. The fourth-order valence-electron chi connectivity index (χ4n) is 1.20. The summed E-state index contributed by atoms with van der Waals surface area (Å²) in [5.74, 6) is 0. The summed E-state index contributed by atoms with van der Waals surface area (Å²) >= 11 is 0. The molecule has 4 heteroatoms. The van der Waals surface area contributed by atoms with E-state index in [0.29, 0.717) is 6.54 Å². The molecule has 1 aliphatic carbocycles. The Kier molecular flexibility index (Phi) is 2.20. The third kappa shape index (κ3) is 1.26. The number of hydrogen-bond donors (Lipinski definition) is 1. The van der Waals surface area contributed by atoms with Crippen molar-refractivity contribution in [3.8, 4) is 0 Å². The minimum Gasteiger partial charge on any atom is -0.364 e. The zero-order valence-corrected chi connectivity index (χ0v) is 6.93. The molecule has 0 unspecified atom stereocenters. The summed E-state index contributed by atoms with van der Waals surface area (Å²) in [7, 11) is 0. The maximum absolute atomic E-state index is 5.58. The van der Waals surface area contributed by atoms with Crippen molar-refractivity contribution in [3.63, 3.8) is 0 Å². The first-order valence-electron chi connectivity index (χ1n) is 3.48. The number of nitrogens with two attached hydrogens (primary N) is 1. The number of rotatable bonds is 2. The molecule has 1 aliphatic rings. The van der Waals surface area contributed by atoms with Crippen LogP contribution in [0.5, 0.6) is 0 Å². The molecule has 0 amide bonds. The lowest BCUT2D eigenvalue weighted by molar-refractivity contribution is 0.403. The van der Waals surface area contributed by atoms with Crippen LogP contribution in [0.25, 0.3) is 0 Å². The van der Waals surface area contributed by atoms with Crippen molar-refractivity contribution in [3.05, 3.63) is 18.0 Å². The van der Waals surface area contributed by atoms with Crippen LogP contribution in [0.3, 0.4) is 0 Å². The number of halogens is 1. The van der Waals surface area contributed by atoms with Gasteiger partial charge in [-0.05, 0) is 12.8 Å². The fraction of sp³-hybridized carbons (Fsp3) is 0.571. The Morgan fingerprint density at radius 1 is 1.64 bits per heavy atom. The topological polar surface area (TPSA) is 52.0 Å². The second kappa shape index (κ2) is 2.83. The van der Waals surface area contributed by atoms with Gasteiger partial charge in [0.2, 0.25) is 0 Å². The Balaban J connectivity index is 0.000000605. The zero-order chi connectivity index (χ0) is 7.03. The Bertz CT molecular complexity index is 218. The van der Waals surface area contributed by atoms with E-state index in [0.717, 1.165) is 18.5 Å². The predicted octanol–water partition coefficient (Wildman–Crippen LogP) is 1.09. The summed E-state index contributed by atoms with van der Waals surface area (Å²) in [5.41, 5.74) is 6.79. The second-order valence-corrected chi connectivity index (χ2v) is 2.87. The van der Waals surface area contributed by atoms with E-state index in [4.69, 9.17) is 10.3 Å². The van der Waals surface area contributed by atoms with Crippen LogP contribution in [0.4, 0.5) is 0 Å². The van der Waals surface area contributed by atoms with Gasteiger partial charge in [0.1, 0.15) is 6.26 Å². The lowest BCUT2D eigenvalue weighted by Crippen LogP contribution is -2.19. The van der Waals surface area contributed by atoms with Crippen molar-refractivity contribution in [2.75, 3.05) is 6.54 Å². The van der Waals surface area contributed by atoms with E-state index >= 15 is 0 Å². The van der Waals surface area contributed by atoms with Crippen molar-refractivity contribution < 1.29 is 4.52 Å². The minimum atomic E-state index is 0. The molecule has 0 atom stereocenters. The highest BCUT2D eigenvalue weighted by Gasteiger charge is 2.45. The van der Waals surface area contributed by atoms with Crippen LogP contribution < -0.4 is 5.73 Å². The van der Waals surface area contributed by atoms with Gasteiger partial charge in [-0.1, -0.05) is 5.16 Å². The van der Waals surface area contributed by atoms with E-state index < -0.39 is 0 Å². The molecule has 0 spiro atoms. The highest BCUT2D eigenvalue weighted by Crippen LogP contribution is 2.46.